The molecule has 0 amide bonds. The summed E-state index contributed by atoms with van der Waals surface area (Å²) in [7, 11) is 0. The quantitative estimate of drug-likeness (QED) is 0.792. The van der Waals surface area contributed by atoms with Crippen LogP contribution in [0.15, 0.2) is 24.3 Å². The van der Waals surface area contributed by atoms with Crippen LogP contribution < -0.4 is 5.32 Å². The molecular formula is C14H20N2. The van der Waals surface area contributed by atoms with E-state index in [4.69, 9.17) is 5.26 Å². The molecule has 0 radical (unpaired) electrons. The Hall–Kier alpha value is -1.33. The molecule has 86 valence electrons. The molecule has 1 atom stereocenters. The van der Waals surface area contributed by atoms with Gasteiger partial charge in [0.25, 0.3) is 0 Å². The summed E-state index contributed by atoms with van der Waals surface area (Å²) in [6, 6.07) is 10.5. The zero-order valence-electron chi connectivity index (χ0n) is 10.2. The van der Waals surface area contributed by atoms with E-state index in [1.54, 1.807) is 0 Å². The van der Waals surface area contributed by atoms with Crippen molar-refractivity contribution in [3.8, 4) is 6.07 Å². The highest BCUT2D eigenvalue weighted by molar-refractivity contribution is 5.31. The van der Waals surface area contributed by atoms with Crippen molar-refractivity contribution in [2.45, 2.75) is 45.7 Å². The topological polar surface area (TPSA) is 35.8 Å². The van der Waals surface area contributed by atoms with Gasteiger partial charge in [-0.05, 0) is 31.0 Å². The smallest absolute Gasteiger partial charge is 0.0991 e. The number of benzene rings is 1. The second-order valence-electron chi connectivity index (χ2n) is 4.23. The number of nitrogens with zero attached hydrogens (tertiary/aromatic N) is 1. The molecule has 0 fully saturated rings. The van der Waals surface area contributed by atoms with Gasteiger partial charge in [0.15, 0.2) is 0 Å². The van der Waals surface area contributed by atoms with E-state index < -0.39 is 0 Å². The lowest BCUT2D eigenvalue weighted by molar-refractivity contribution is 0.495. The third kappa shape index (κ3) is 4.46. The van der Waals surface area contributed by atoms with Crippen molar-refractivity contribution in [2.24, 2.45) is 0 Å². The summed E-state index contributed by atoms with van der Waals surface area (Å²) >= 11 is 0. The minimum absolute atomic E-state index is 0.565. The summed E-state index contributed by atoms with van der Waals surface area (Å²) in [5.41, 5.74) is 1.96. The molecule has 1 unspecified atom stereocenters. The van der Waals surface area contributed by atoms with Gasteiger partial charge in [0.05, 0.1) is 11.6 Å². The Labute approximate surface area is 98.3 Å². The molecule has 16 heavy (non-hydrogen) atoms. The third-order valence-electron chi connectivity index (χ3n) is 2.73. The molecule has 0 spiro atoms. The van der Waals surface area contributed by atoms with E-state index in [2.05, 4.69) is 25.2 Å². The molecule has 0 saturated carbocycles. The second-order valence-corrected chi connectivity index (χ2v) is 4.23. The van der Waals surface area contributed by atoms with Crippen LogP contribution in [0.25, 0.3) is 0 Å². The molecule has 0 aliphatic carbocycles. The van der Waals surface area contributed by atoms with E-state index in [-0.39, 0.29) is 0 Å². The monoisotopic (exact) mass is 216 g/mol. The molecule has 0 aliphatic rings. The average molecular weight is 216 g/mol. The molecule has 0 heterocycles. The highest BCUT2D eigenvalue weighted by Crippen LogP contribution is 2.05. The SMILES string of the molecule is CCCCC(C)NCc1ccc(C#N)cc1. The summed E-state index contributed by atoms with van der Waals surface area (Å²) in [6.07, 6.45) is 3.76. The second kappa shape index (κ2) is 7.03. The maximum absolute atomic E-state index is 8.68. The summed E-state index contributed by atoms with van der Waals surface area (Å²) in [4.78, 5) is 0. The number of hydrogen-bond donors (Lipinski definition) is 1. The van der Waals surface area contributed by atoms with Crippen LogP contribution in [0, 0.1) is 11.3 Å². The molecular weight excluding hydrogens is 196 g/mol. The van der Waals surface area contributed by atoms with Gasteiger partial charge in [0.1, 0.15) is 0 Å². The van der Waals surface area contributed by atoms with Gasteiger partial charge in [-0.3, -0.25) is 0 Å². The van der Waals surface area contributed by atoms with Crippen LogP contribution in [0.4, 0.5) is 0 Å². The highest BCUT2D eigenvalue weighted by Gasteiger charge is 2.00. The average Bonchev–Trinajstić information content (AvgIpc) is 2.34. The molecule has 1 aromatic carbocycles. The van der Waals surface area contributed by atoms with Gasteiger partial charge >= 0.3 is 0 Å². The van der Waals surface area contributed by atoms with Crippen molar-refractivity contribution in [3.05, 3.63) is 35.4 Å². The fourth-order valence-electron chi connectivity index (χ4n) is 1.60. The Morgan fingerprint density at radius 1 is 1.31 bits per heavy atom. The molecule has 2 heteroatoms. The largest absolute Gasteiger partial charge is 0.310 e. The molecule has 0 aromatic heterocycles. The minimum atomic E-state index is 0.565. The van der Waals surface area contributed by atoms with Gasteiger partial charge in [-0.1, -0.05) is 31.9 Å². The van der Waals surface area contributed by atoms with Crippen LogP contribution in [-0.4, -0.2) is 6.04 Å². The van der Waals surface area contributed by atoms with Crippen molar-refractivity contribution in [1.29, 1.82) is 5.26 Å². The van der Waals surface area contributed by atoms with Gasteiger partial charge < -0.3 is 5.32 Å². The Morgan fingerprint density at radius 3 is 2.56 bits per heavy atom. The molecule has 0 saturated heterocycles. The zero-order valence-corrected chi connectivity index (χ0v) is 10.2. The van der Waals surface area contributed by atoms with Gasteiger partial charge in [-0.2, -0.15) is 5.26 Å². The third-order valence-corrected chi connectivity index (χ3v) is 2.73. The van der Waals surface area contributed by atoms with Gasteiger partial charge in [-0.15, -0.1) is 0 Å². The molecule has 0 bridgehead atoms. The number of unbranched alkanes of at least 4 members (excludes halogenated alkanes) is 1. The first-order valence-electron chi connectivity index (χ1n) is 5.98. The van der Waals surface area contributed by atoms with Crippen LogP contribution in [0.5, 0.6) is 0 Å². The fourth-order valence-corrected chi connectivity index (χ4v) is 1.60. The van der Waals surface area contributed by atoms with Crippen molar-refractivity contribution in [3.63, 3.8) is 0 Å². The Bertz CT molecular complexity index is 335. The molecule has 1 rings (SSSR count). The predicted molar refractivity (Wildman–Crippen MR) is 67.0 cm³/mol. The zero-order chi connectivity index (χ0) is 11.8. The summed E-state index contributed by atoms with van der Waals surface area (Å²) in [6.45, 7) is 5.32. The predicted octanol–water partition coefficient (Wildman–Crippen LogP) is 3.23. The van der Waals surface area contributed by atoms with Gasteiger partial charge in [0, 0.05) is 12.6 Å². The van der Waals surface area contributed by atoms with E-state index in [1.165, 1.54) is 24.8 Å². The Kier molecular flexibility index (Phi) is 5.60. The van der Waals surface area contributed by atoms with Crippen LogP contribution in [0.1, 0.15) is 44.2 Å². The molecule has 1 N–H and O–H groups in total. The minimum Gasteiger partial charge on any atom is -0.310 e. The van der Waals surface area contributed by atoms with E-state index in [0.717, 1.165) is 12.1 Å². The number of hydrogen-bond acceptors (Lipinski definition) is 2. The number of nitrogens with one attached hydrogen (secondary N) is 1. The van der Waals surface area contributed by atoms with Gasteiger partial charge in [-0.25, -0.2) is 0 Å². The van der Waals surface area contributed by atoms with E-state index in [0.29, 0.717) is 6.04 Å². The number of nitriles is 1. The van der Waals surface area contributed by atoms with Crippen molar-refractivity contribution in [2.75, 3.05) is 0 Å². The van der Waals surface area contributed by atoms with Gasteiger partial charge in [0.2, 0.25) is 0 Å². The van der Waals surface area contributed by atoms with E-state index >= 15 is 0 Å². The lowest BCUT2D eigenvalue weighted by atomic mass is 10.1. The maximum atomic E-state index is 8.68. The van der Waals surface area contributed by atoms with E-state index in [1.807, 2.05) is 24.3 Å². The Balaban J connectivity index is 2.34. The van der Waals surface area contributed by atoms with Crippen LogP contribution in [-0.2, 0) is 6.54 Å². The van der Waals surface area contributed by atoms with Crippen molar-refractivity contribution >= 4 is 0 Å². The Morgan fingerprint density at radius 2 is 2.00 bits per heavy atom. The van der Waals surface area contributed by atoms with E-state index in [9.17, 15) is 0 Å². The fraction of sp³-hybridized carbons (Fsp3) is 0.500. The van der Waals surface area contributed by atoms with Crippen molar-refractivity contribution < 1.29 is 0 Å². The number of rotatable bonds is 6. The maximum Gasteiger partial charge on any atom is 0.0991 e. The summed E-state index contributed by atoms with van der Waals surface area (Å²) < 4.78 is 0. The molecule has 0 aliphatic heterocycles. The summed E-state index contributed by atoms with van der Waals surface area (Å²) in [5, 5.41) is 12.2. The molecule has 1 aromatic rings. The summed E-state index contributed by atoms with van der Waals surface area (Å²) in [5.74, 6) is 0. The first-order valence-corrected chi connectivity index (χ1v) is 5.98. The van der Waals surface area contributed by atoms with Crippen LogP contribution >= 0.6 is 0 Å². The lowest BCUT2D eigenvalue weighted by Crippen LogP contribution is -2.25. The first kappa shape index (κ1) is 12.7. The first-order chi connectivity index (χ1) is 7.76. The van der Waals surface area contributed by atoms with Crippen LogP contribution in [0.2, 0.25) is 0 Å². The lowest BCUT2D eigenvalue weighted by Gasteiger charge is -2.13. The van der Waals surface area contributed by atoms with Crippen LogP contribution in [0.3, 0.4) is 0 Å². The highest BCUT2D eigenvalue weighted by atomic mass is 14.9. The molecule has 2 nitrogen and oxygen atoms in total. The standard InChI is InChI=1S/C14H20N2/c1-3-4-5-12(2)16-11-14-8-6-13(10-15)7-9-14/h6-9,12,16H,3-5,11H2,1-2H3. The normalized spacial score (nSPS) is 12.1. The van der Waals surface area contributed by atoms with Crippen molar-refractivity contribution in [1.82, 2.24) is 5.32 Å².